The minimum Gasteiger partial charge on any atom is -0.392 e. The molecule has 3 rings (SSSR count). The second-order valence-electron chi connectivity index (χ2n) is 4.03. The van der Waals surface area contributed by atoms with Gasteiger partial charge < -0.3 is 5.11 Å². The molecule has 2 heterocycles. The molecule has 20 heavy (non-hydrogen) atoms. The van der Waals surface area contributed by atoms with Gasteiger partial charge in [-0.1, -0.05) is 23.7 Å². The molecule has 0 aliphatic carbocycles. The van der Waals surface area contributed by atoms with E-state index in [-0.39, 0.29) is 28.4 Å². The van der Waals surface area contributed by atoms with Crippen molar-refractivity contribution in [3.05, 3.63) is 34.7 Å². The van der Waals surface area contributed by atoms with Crippen LogP contribution in [0, 0.1) is 0 Å². The quantitative estimate of drug-likeness (QED) is 0.750. The van der Waals surface area contributed by atoms with E-state index in [0.717, 1.165) is 4.40 Å². The minimum absolute atomic E-state index is 0.133. The van der Waals surface area contributed by atoms with Crippen molar-refractivity contribution in [3.63, 3.8) is 0 Å². The van der Waals surface area contributed by atoms with Gasteiger partial charge in [0.15, 0.2) is 10.8 Å². The first-order valence-electron chi connectivity index (χ1n) is 5.43. The lowest BCUT2D eigenvalue weighted by Crippen LogP contribution is -2.12. The Hall–Kier alpha value is -1.93. The summed E-state index contributed by atoms with van der Waals surface area (Å²) in [5, 5.41) is 15.6. The molecule has 0 saturated heterocycles. The van der Waals surface area contributed by atoms with E-state index in [1.165, 1.54) is 12.1 Å². The molecule has 0 saturated carbocycles. The fraction of sp³-hybridized carbons (Fsp3) is 0.182. The second kappa shape index (κ2) is 4.29. The number of hydrogen-bond donors (Lipinski definition) is 1. The Morgan fingerprint density at radius 2 is 2.00 bits per heavy atom. The van der Waals surface area contributed by atoms with Crippen molar-refractivity contribution in [1.82, 2.24) is 19.6 Å². The standard InChI is InChI=1S/C11H6ClF3N4O/c12-8-9-17-18-10(11(13,14)15)19(9)6-3-1-2-5(4-20)7(6)16-8/h1-3,20H,4H2. The Morgan fingerprint density at radius 3 is 2.65 bits per heavy atom. The van der Waals surface area contributed by atoms with E-state index < -0.39 is 12.0 Å². The first-order chi connectivity index (χ1) is 9.43. The van der Waals surface area contributed by atoms with Crippen molar-refractivity contribution >= 4 is 28.3 Å². The van der Waals surface area contributed by atoms with Gasteiger partial charge in [0.1, 0.15) is 0 Å². The number of fused-ring (bicyclic) bond motifs is 3. The van der Waals surface area contributed by atoms with Gasteiger partial charge >= 0.3 is 6.18 Å². The Labute approximate surface area is 114 Å². The lowest BCUT2D eigenvalue weighted by Gasteiger charge is -2.09. The smallest absolute Gasteiger partial charge is 0.392 e. The summed E-state index contributed by atoms with van der Waals surface area (Å²) >= 11 is 5.84. The lowest BCUT2D eigenvalue weighted by atomic mass is 10.2. The number of rotatable bonds is 1. The SMILES string of the molecule is OCc1cccc2c1nc(Cl)c1nnc(C(F)(F)F)n12. The molecule has 0 aliphatic rings. The van der Waals surface area contributed by atoms with E-state index in [9.17, 15) is 18.3 Å². The predicted octanol–water partition coefficient (Wildman–Crippen LogP) is 2.44. The zero-order valence-electron chi connectivity index (χ0n) is 9.69. The number of aliphatic hydroxyl groups is 1. The molecule has 1 aromatic carbocycles. The summed E-state index contributed by atoms with van der Waals surface area (Å²) in [6, 6.07) is 4.50. The Kier molecular flexibility index (Phi) is 2.80. The molecule has 3 aromatic rings. The summed E-state index contributed by atoms with van der Waals surface area (Å²) in [7, 11) is 0. The van der Waals surface area contributed by atoms with Gasteiger partial charge in [0.05, 0.1) is 17.6 Å². The highest BCUT2D eigenvalue weighted by atomic mass is 35.5. The Bertz CT molecular complexity index is 815. The zero-order chi connectivity index (χ0) is 14.5. The number of halogens is 4. The largest absolute Gasteiger partial charge is 0.452 e. The third-order valence-electron chi connectivity index (χ3n) is 2.82. The number of alkyl halides is 3. The predicted molar refractivity (Wildman–Crippen MR) is 64.2 cm³/mol. The molecule has 0 aliphatic heterocycles. The van der Waals surface area contributed by atoms with Crippen molar-refractivity contribution in [3.8, 4) is 0 Å². The lowest BCUT2D eigenvalue weighted by molar-refractivity contribution is -0.145. The summed E-state index contributed by atoms with van der Waals surface area (Å²) in [6.07, 6.45) is -4.67. The molecule has 0 amide bonds. The fourth-order valence-electron chi connectivity index (χ4n) is 1.99. The van der Waals surface area contributed by atoms with Crippen molar-refractivity contribution in [2.75, 3.05) is 0 Å². The van der Waals surface area contributed by atoms with Crippen LogP contribution >= 0.6 is 11.6 Å². The van der Waals surface area contributed by atoms with Crippen LogP contribution < -0.4 is 0 Å². The van der Waals surface area contributed by atoms with E-state index in [1.54, 1.807) is 6.07 Å². The van der Waals surface area contributed by atoms with Crippen LogP contribution in [0.4, 0.5) is 13.2 Å². The zero-order valence-corrected chi connectivity index (χ0v) is 10.4. The summed E-state index contributed by atoms with van der Waals surface area (Å²) in [5.41, 5.74) is 0.501. The van der Waals surface area contributed by atoms with Gasteiger partial charge in [-0.2, -0.15) is 13.2 Å². The average Bonchev–Trinajstić information content (AvgIpc) is 2.84. The highest BCUT2D eigenvalue weighted by molar-refractivity contribution is 6.32. The molecule has 104 valence electrons. The monoisotopic (exact) mass is 302 g/mol. The van der Waals surface area contributed by atoms with Gasteiger partial charge in [0, 0.05) is 5.56 Å². The highest BCUT2D eigenvalue weighted by Gasteiger charge is 2.38. The Balaban J connectivity index is 2.54. The van der Waals surface area contributed by atoms with Crippen LogP contribution in [0.25, 0.3) is 16.7 Å². The molecule has 0 unspecified atom stereocenters. The molecular weight excluding hydrogens is 297 g/mol. The highest BCUT2D eigenvalue weighted by Crippen LogP contribution is 2.32. The Morgan fingerprint density at radius 1 is 1.25 bits per heavy atom. The van der Waals surface area contributed by atoms with Gasteiger partial charge in [-0.05, 0) is 6.07 Å². The van der Waals surface area contributed by atoms with Gasteiger partial charge in [0.2, 0.25) is 5.82 Å². The summed E-state index contributed by atoms with van der Waals surface area (Å²) < 4.78 is 39.7. The van der Waals surface area contributed by atoms with Crippen LogP contribution in [-0.2, 0) is 12.8 Å². The number of nitrogens with zero attached hydrogens (tertiary/aromatic N) is 4. The van der Waals surface area contributed by atoms with Crippen molar-refractivity contribution in [2.45, 2.75) is 12.8 Å². The normalized spacial score (nSPS) is 12.4. The molecule has 0 atom stereocenters. The van der Waals surface area contributed by atoms with Crippen LogP contribution in [0.3, 0.4) is 0 Å². The molecule has 0 fully saturated rings. The van der Waals surface area contributed by atoms with E-state index in [0.29, 0.717) is 5.56 Å². The molecule has 2 aromatic heterocycles. The minimum atomic E-state index is -4.67. The maximum absolute atomic E-state index is 13.0. The molecule has 0 bridgehead atoms. The van der Waals surface area contributed by atoms with Crippen LogP contribution in [0.5, 0.6) is 0 Å². The molecule has 0 radical (unpaired) electrons. The van der Waals surface area contributed by atoms with E-state index >= 15 is 0 Å². The third kappa shape index (κ3) is 1.80. The molecule has 0 spiro atoms. The number of benzene rings is 1. The van der Waals surface area contributed by atoms with Gasteiger partial charge in [-0.15, -0.1) is 10.2 Å². The van der Waals surface area contributed by atoms with Crippen molar-refractivity contribution < 1.29 is 18.3 Å². The number of para-hydroxylation sites is 1. The molecule has 9 heteroatoms. The number of aromatic nitrogens is 4. The molecular formula is C11H6ClF3N4O. The number of hydrogen-bond acceptors (Lipinski definition) is 4. The summed E-state index contributed by atoms with van der Waals surface area (Å²) in [6.45, 7) is -0.365. The first kappa shape index (κ1) is 13.1. The van der Waals surface area contributed by atoms with Gasteiger partial charge in [-0.3, -0.25) is 4.40 Å². The maximum atomic E-state index is 13.0. The third-order valence-corrected chi connectivity index (χ3v) is 3.07. The van der Waals surface area contributed by atoms with Crippen LogP contribution in [0.1, 0.15) is 11.4 Å². The van der Waals surface area contributed by atoms with E-state index in [2.05, 4.69) is 15.2 Å². The van der Waals surface area contributed by atoms with Gasteiger partial charge in [0.25, 0.3) is 0 Å². The molecule has 5 nitrogen and oxygen atoms in total. The second-order valence-corrected chi connectivity index (χ2v) is 4.38. The van der Waals surface area contributed by atoms with Crippen LogP contribution in [-0.4, -0.2) is 24.7 Å². The summed E-state index contributed by atoms with van der Waals surface area (Å²) in [4.78, 5) is 3.98. The number of aliphatic hydroxyl groups excluding tert-OH is 1. The topological polar surface area (TPSA) is 63.3 Å². The summed E-state index contributed by atoms with van der Waals surface area (Å²) in [5.74, 6) is -1.18. The fourth-order valence-corrected chi connectivity index (χ4v) is 2.20. The van der Waals surface area contributed by atoms with Crippen LogP contribution in [0.15, 0.2) is 18.2 Å². The molecule has 1 N–H and O–H groups in total. The van der Waals surface area contributed by atoms with Crippen molar-refractivity contribution in [1.29, 1.82) is 0 Å². The van der Waals surface area contributed by atoms with Crippen LogP contribution in [0.2, 0.25) is 5.15 Å². The van der Waals surface area contributed by atoms with Gasteiger partial charge in [-0.25, -0.2) is 4.98 Å². The first-order valence-corrected chi connectivity index (χ1v) is 5.81. The van der Waals surface area contributed by atoms with E-state index in [4.69, 9.17) is 11.6 Å². The maximum Gasteiger partial charge on any atom is 0.452 e. The van der Waals surface area contributed by atoms with E-state index in [1.807, 2.05) is 0 Å². The van der Waals surface area contributed by atoms with Crippen molar-refractivity contribution in [2.24, 2.45) is 0 Å². The average molecular weight is 303 g/mol.